The number of rotatable bonds is 1. The van der Waals surface area contributed by atoms with E-state index in [-0.39, 0.29) is 24.6 Å². The molecule has 2 rings (SSSR count). The number of carbonyl (C=O) groups excluding carboxylic acids is 1. The van der Waals surface area contributed by atoms with Crippen LogP contribution in [-0.2, 0) is 9.53 Å². The molecular formula is C9H12N2O2. The van der Waals surface area contributed by atoms with Crippen LogP contribution in [0.3, 0.4) is 0 Å². The van der Waals surface area contributed by atoms with Crippen molar-refractivity contribution >= 4 is 5.91 Å². The Hall–Kier alpha value is -1.08. The number of carbonyl (C=O) groups is 1. The molecule has 1 amide bonds. The van der Waals surface area contributed by atoms with E-state index in [4.69, 9.17) is 11.3 Å². The Labute approximate surface area is 77.3 Å². The predicted octanol–water partition coefficient (Wildman–Crippen LogP) is 0.295. The van der Waals surface area contributed by atoms with Crippen molar-refractivity contribution in [2.75, 3.05) is 19.8 Å². The molecule has 0 saturated carbocycles. The van der Waals surface area contributed by atoms with Gasteiger partial charge in [-0.25, -0.2) is 6.57 Å². The third-order valence-corrected chi connectivity index (χ3v) is 2.75. The standard InChI is InChI=1S/C9H12N2O2/c1-10-4-7-2-3-8-5-13-6-9(12)11(7)8/h7-8H,2-6H2/t7-,8-/m0/s1. The van der Waals surface area contributed by atoms with Crippen LogP contribution in [0.25, 0.3) is 4.85 Å². The van der Waals surface area contributed by atoms with Gasteiger partial charge in [0.2, 0.25) is 12.5 Å². The lowest BCUT2D eigenvalue weighted by Crippen LogP contribution is -2.49. The van der Waals surface area contributed by atoms with E-state index < -0.39 is 0 Å². The minimum atomic E-state index is 0.0578. The van der Waals surface area contributed by atoms with Crippen molar-refractivity contribution < 1.29 is 9.53 Å². The molecule has 2 aliphatic heterocycles. The van der Waals surface area contributed by atoms with Gasteiger partial charge >= 0.3 is 0 Å². The van der Waals surface area contributed by atoms with Gasteiger partial charge in [0.15, 0.2) is 0 Å². The SMILES string of the molecule is [C-]#[N+]C[C@@H]1CC[C@H]2COCC(=O)N12. The summed E-state index contributed by atoms with van der Waals surface area (Å²) >= 11 is 0. The fourth-order valence-electron chi connectivity index (χ4n) is 2.17. The van der Waals surface area contributed by atoms with Crippen molar-refractivity contribution in [3.05, 3.63) is 11.4 Å². The predicted molar refractivity (Wildman–Crippen MR) is 45.9 cm³/mol. The van der Waals surface area contributed by atoms with Crippen LogP contribution in [0, 0.1) is 6.57 Å². The van der Waals surface area contributed by atoms with Crippen molar-refractivity contribution in [3.63, 3.8) is 0 Å². The van der Waals surface area contributed by atoms with Gasteiger partial charge in [-0.1, -0.05) is 0 Å². The molecule has 2 aliphatic rings. The Bertz CT molecular complexity index is 259. The van der Waals surface area contributed by atoms with Crippen LogP contribution in [0.5, 0.6) is 0 Å². The van der Waals surface area contributed by atoms with E-state index >= 15 is 0 Å². The number of morpholine rings is 1. The summed E-state index contributed by atoms with van der Waals surface area (Å²) in [5.74, 6) is 0.0578. The summed E-state index contributed by atoms with van der Waals surface area (Å²) in [5, 5.41) is 0. The van der Waals surface area contributed by atoms with Crippen molar-refractivity contribution in [3.8, 4) is 0 Å². The minimum absolute atomic E-state index is 0.0578. The van der Waals surface area contributed by atoms with Crippen LogP contribution in [0.2, 0.25) is 0 Å². The molecule has 0 aromatic heterocycles. The molecule has 13 heavy (non-hydrogen) atoms. The van der Waals surface area contributed by atoms with Crippen molar-refractivity contribution in [2.24, 2.45) is 0 Å². The lowest BCUT2D eigenvalue weighted by molar-refractivity contribution is -0.147. The lowest BCUT2D eigenvalue weighted by Gasteiger charge is -2.31. The van der Waals surface area contributed by atoms with Crippen molar-refractivity contribution in [2.45, 2.75) is 24.9 Å². The van der Waals surface area contributed by atoms with Gasteiger partial charge in [-0.3, -0.25) is 4.79 Å². The lowest BCUT2D eigenvalue weighted by atomic mass is 10.2. The maximum atomic E-state index is 11.5. The van der Waals surface area contributed by atoms with Gasteiger partial charge in [0.1, 0.15) is 12.6 Å². The van der Waals surface area contributed by atoms with E-state index in [1.165, 1.54) is 0 Å². The smallest absolute Gasteiger partial charge is 0.249 e. The molecule has 4 heteroatoms. The summed E-state index contributed by atoms with van der Waals surface area (Å²) in [5.41, 5.74) is 0. The van der Waals surface area contributed by atoms with Gasteiger partial charge in [0.25, 0.3) is 0 Å². The molecular weight excluding hydrogens is 168 g/mol. The molecule has 0 bridgehead atoms. The van der Waals surface area contributed by atoms with Crippen molar-refractivity contribution in [1.29, 1.82) is 0 Å². The molecule has 0 aromatic rings. The van der Waals surface area contributed by atoms with Gasteiger partial charge in [-0.05, 0) is 12.8 Å². The van der Waals surface area contributed by atoms with E-state index in [1.54, 1.807) is 0 Å². The zero-order valence-electron chi connectivity index (χ0n) is 7.40. The summed E-state index contributed by atoms with van der Waals surface area (Å²) in [6.45, 7) is 8.09. The fourth-order valence-corrected chi connectivity index (χ4v) is 2.17. The van der Waals surface area contributed by atoms with Gasteiger partial charge in [0, 0.05) is 0 Å². The molecule has 2 heterocycles. The van der Waals surface area contributed by atoms with E-state index in [0.717, 1.165) is 12.8 Å². The monoisotopic (exact) mass is 180 g/mol. The Morgan fingerprint density at radius 2 is 2.46 bits per heavy atom. The van der Waals surface area contributed by atoms with Crippen LogP contribution in [0.4, 0.5) is 0 Å². The first-order chi connectivity index (χ1) is 6.33. The number of amides is 1. The summed E-state index contributed by atoms with van der Waals surface area (Å²) in [7, 11) is 0. The topological polar surface area (TPSA) is 33.9 Å². The zero-order chi connectivity index (χ0) is 9.26. The molecule has 0 N–H and O–H groups in total. The molecule has 70 valence electrons. The third kappa shape index (κ3) is 1.40. The van der Waals surface area contributed by atoms with Crippen molar-refractivity contribution in [1.82, 2.24) is 4.90 Å². The molecule has 2 atom stereocenters. The summed E-state index contributed by atoms with van der Waals surface area (Å²) in [6, 6.07) is 0.395. The second kappa shape index (κ2) is 3.35. The minimum Gasteiger partial charge on any atom is -0.369 e. The molecule has 0 spiro atoms. The normalized spacial score (nSPS) is 32.8. The average Bonchev–Trinajstić information content (AvgIpc) is 2.51. The maximum Gasteiger partial charge on any atom is 0.249 e. The van der Waals surface area contributed by atoms with Gasteiger partial charge in [-0.15, -0.1) is 0 Å². The fraction of sp³-hybridized carbons (Fsp3) is 0.778. The Kier molecular flexibility index (Phi) is 2.19. The van der Waals surface area contributed by atoms with Crippen LogP contribution >= 0.6 is 0 Å². The van der Waals surface area contributed by atoms with Gasteiger partial charge in [-0.2, -0.15) is 0 Å². The van der Waals surface area contributed by atoms with E-state index in [1.807, 2.05) is 4.90 Å². The summed E-state index contributed by atoms with van der Waals surface area (Å²) < 4.78 is 5.15. The molecule has 0 aromatic carbocycles. The summed E-state index contributed by atoms with van der Waals surface area (Å²) in [6.07, 6.45) is 1.95. The van der Waals surface area contributed by atoms with E-state index in [2.05, 4.69) is 4.85 Å². The summed E-state index contributed by atoms with van der Waals surface area (Å²) in [4.78, 5) is 16.7. The largest absolute Gasteiger partial charge is 0.369 e. The van der Waals surface area contributed by atoms with E-state index in [9.17, 15) is 4.79 Å². The molecule has 0 radical (unpaired) electrons. The number of ether oxygens (including phenoxy) is 1. The number of hydrogen-bond acceptors (Lipinski definition) is 2. The van der Waals surface area contributed by atoms with Gasteiger partial charge in [0.05, 0.1) is 12.6 Å². The Morgan fingerprint density at radius 3 is 3.23 bits per heavy atom. The molecule has 4 nitrogen and oxygen atoms in total. The number of hydrogen-bond donors (Lipinski definition) is 0. The zero-order valence-corrected chi connectivity index (χ0v) is 7.40. The van der Waals surface area contributed by atoms with Crippen LogP contribution in [0.15, 0.2) is 0 Å². The Balaban J connectivity index is 2.09. The highest BCUT2D eigenvalue weighted by Crippen LogP contribution is 2.27. The highest BCUT2D eigenvalue weighted by atomic mass is 16.5. The highest BCUT2D eigenvalue weighted by molar-refractivity contribution is 5.79. The first-order valence-electron chi connectivity index (χ1n) is 4.55. The third-order valence-electron chi connectivity index (χ3n) is 2.75. The average molecular weight is 180 g/mol. The second-order valence-electron chi connectivity index (χ2n) is 3.54. The maximum absolute atomic E-state index is 11.5. The molecule has 2 saturated heterocycles. The van der Waals surface area contributed by atoms with Crippen LogP contribution in [0.1, 0.15) is 12.8 Å². The molecule has 2 fully saturated rings. The molecule has 0 aliphatic carbocycles. The highest BCUT2D eigenvalue weighted by Gasteiger charge is 2.40. The van der Waals surface area contributed by atoms with Gasteiger partial charge < -0.3 is 14.5 Å². The Morgan fingerprint density at radius 1 is 1.62 bits per heavy atom. The first-order valence-corrected chi connectivity index (χ1v) is 4.55. The number of nitrogens with zero attached hydrogens (tertiary/aromatic N) is 2. The second-order valence-corrected chi connectivity index (χ2v) is 3.54. The quantitative estimate of drug-likeness (QED) is 0.544. The first kappa shape index (κ1) is 8.52. The number of fused-ring (bicyclic) bond motifs is 1. The molecule has 0 unspecified atom stereocenters. The van der Waals surface area contributed by atoms with Crippen LogP contribution in [-0.4, -0.2) is 42.6 Å². The van der Waals surface area contributed by atoms with Crippen LogP contribution < -0.4 is 0 Å². The van der Waals surface area contributed by atoms with E-state index in [0.29, 0.717) is 13.2 Å².